The summed E-state index contributed by atoms with van der Waals surface area (Å²) in [5.74, 6) is 1.34. The van der Waals surface area contributed by atoms with Gasteiger partial charge in [-0.1, -0.05) is 26.0 Å². The number of fused-ring (bicyclic) bond motifs is 1. The van der Waals surface area contributed by atoms with E-state index in [1.807, 2.05) is 6.92 Å². The van der Waals surface area contributed by atoms with E-state index in [1.54, 1.807) is 0 Å². The van der Waals surface area contributed by atoms with E-state index in [1.165, 1.54) is 16.5 Å². The first-order valence-corrected chi connectivity index (χ1v) is 7.40. The molecule has 0 unspecified atom stereocenters. The van der Waals surface area contributed by atoms with Gasteiger partial charge in [0.1, 0.15) is 6.54 Å². The van der Waals surface area contributed by atoms with Crippen LogP contribution in [0.3, 0.4) is 0 Å². The average molecular weight is 284 g/mol. The molecule has 0 fully saturated rings. The summed E-state index contributed by atoms with van der Waals surface area (Å²) in [5.41, 5.74) is 2.48. The second kappa shape index (κ2) is 6.10. The van der Waals surface area contributed by atoms with Gasteiger partial charge in [-0.25, -0.2) is 0 Å². The maximum Gasteiger partial charge on any atom is 0.236 e. The van der Waals surface area contributed by atoms with Crippen LogP contribution in [0.15, 0.2) is 34.9 Å². The fourth-order valence-electron chi connectivity index (χ4n) is 2.39. The Bertz CT molecular complexity index is 729. The molecular formula is C16H20N4O. The first kappa shape index (κ1) is 13.8. The first-order chi connectivity index (χ1) is 10.3. The van der Waals surface area contributed by atoms with Crippen molar-refractivity contribution in [1.82, 2.24) is 20.1 Å². The normalized spacial score (nSPS) is 11.3. The summed E-state index contributed by atoms with van der Waals surface area (Å²) in [7, 11) is 0. The number of nitrogens with one attached hydrogen (secondary N) is 1. The molecule has 5 nitrogen and oxygen atoms in total. The highest BCUT2D eigenvalue weighted by molar-refractivity contribution is 5.80. The van der Waals surface area contributed by atoms with E-state index in [0.717, 1.165) is 19.5 Å². The van der Waals surface area contributed by atoms with Crippen molar-refractivity contribution in [2.24, 2.45) is 0 Å². The maximum absolute atomic E-state index is 5.59. The van der Waals surface area contributed by atoms with Gasteiger partial charge in [0.25, 0.3) is 0 Å². The highest BCUT2D eigenvalue weighted by Crippen LogP contribution is 2.19. The molecule has 0 amide bonds. The summed E-state index contributed by atoms with van der Waals surface area (Å²) in [6.45, 7) is 6.59. The minimum Gasteiger partial charge on any atom is -0.423 e. The van der Waals surface area contributed by atoms with Crippen LogP contribution < -0.4 is 5.32 Å². The zero-order valence-electron chi connectivity index (χ0n) is 12.5. The van der Waals surface area contributed by atoms with Crippen molar-refractivity contribution in [3.63, 3.8) is 0 Å². The lowest BCUT2D eigenvalue weighted by Crippen LogP contribution is -2.11. The van der Waals surface area contributed by atoms with Gasteiger partial charge >= 0.3 is 0 Å². The largest absolute Gasteiger partial charge is 0.423 e. The lowest BCUT2D eigenvalue weighted by atomic mass is 10.1. The summed E-state index contributed by atoms with van der Waals surface area (Å²) in [4.78, 5) is 0. The number of aryl methyl sites for hydroxylation is 1. The molecule has 1 N–H and O–H groups in total. The molecular weight excluding hydrogens is 264 g/mol. The summed E-state index contributed by atoms with van der Waals surface area (Å²) in [6.07, 6.45) is 2.84. The number of hydrogen-bond acceptors (Lipinski definition) is 4. The second-order valence-electron chi connectivity index (χ2n) is 5.06. The molecule has 0 aliphatic heterocycles. The Balaban J connectivity index is 1.87. The molecule has 0 aliphatic rings. The molecule has 0 radical (unpaired) electrons. The lowest BCUT2D eigenvalue weighted by Gasteiger charge is -2.05. The van der Waals surface area contributed by atoms with Gasteiger partial charge in [0, 0.05) is 24.7 Å². The summed E-state index contributed by atoms with van der Waals surface area (Å²) in [5, 5.41) is 12.7. The fraction of sp³-hybridized carbons (Fsp3) is 0.375. The van der Waals surface area contributed by atoms with Crippen LogP contribution in [0.2, 0.25) is 0 Å². The topological polar surface area (TPSA) is 55.9 Å². The summed E-state index contributed by atoms with van der Waals surface area (Å²) < 4.78 is 7.75. The molecule has 0 bridgehead atoms. The van der Waals surface area contributed by atoms with E-state index in [9.17, 15) is 0 Å². The second-order valence-corrected chi connectivity index (χ2v) is 5.06. The van der Waals surface area contributed by atoms with Gasteiger partial charge in [-0.05, 0) is 29.6 Å². The average Bonchev–Trinajstić information content (AvgIpc) is 3.12. The minimum atomic E-state index is 0.612. The van der Waals surface area contributed by atoms with Crippen LogP contribution in [-0.4, -0.2) is 21.3 Å². The quantitative estimate of drug-likeness (QED) is 0.756. The molecule has 1 aromatic carbocycles. The van der Waals surface area contributed by atoms with Crippen LogP contribution in [0, 0.1) is 0 Å². The molecule has 110 valence electrons. The standard InChI is InChI=1S/C16H20N4O/c1-3-15-18-19-16(21-15)11-20-8-7-13-6-5-12(9-14(13)20)10-17-4-2/h5-9,17H,3-4,10-11H2,1-2H3. The molecule has 0 saturated heterocycles. The summed E-state index contributed by atoms with van der Waals surface area (Å²) in [6, 6.07) is 8.65. The SMILES string of the molecule is CCNCc1ccc2ccn(Cc3nnc(CC)o3)c2c1. The Hall–Kier alpha value is -2.14. The maximum atomic E-state index is 5.59. The van der Waals surface area contributed by atoms with Crippen LogP contribution >= 0.6 is 0 Å². The zero-order valence-corrected chi connectivity index (χ0v) is 12.5. The number of benzene rings is 1. The number of nitrogens with zero attached hydrogens (tertiary/aromatic N) is 3. The van der Waals surface area contributed by atoms with Gasteiger partial charge < -0.3 is 14.3 Å². The Morgan fingerprint density at radius 3 is 2.76 bits per heavy atom. The van der Waals surface area contributed by atoms with Crippen molar-refractivity contribution in [3.8, 4) is 0 Å². The van der Waals surface area contributed by atoms with Crippen LogP contribution in [0.4, 0.5) is 0 Å². The van der Waals surface area contributed by atoms with Crippen molar-refractivity contribution >= 4 is 10.9 Å². The van der Waals surface area contributed by atoms with Crippen LogP contribution in [0.25, 0.3) is 10.9 Å². The van der Waals surface area contributed by atoms with Crippen molar-refractivity contribution in [3.05, 3.63) is 47.8 Å². The van der Waals surface area contributed by atoms with Crippen molar-refractivity contribution in [1.29, 1.82) is 0 Å². The Morgan fingerprint density at radius 2 is 2.00 bits per heavy atom. The third-order valence-corrected chi connectivity index (χ3v) is 3.53. The molecule has 0 atom stereocenters. The fourth-order valence-corrected chi connectivity index (χ4v) is 2.39. The Labute approximate surface area is 124 Å². The van der Waals surface area contributed by atoms with Crippen molar-refractivity contribution in [2.75, 3.05) is 6.54 Å². The monoisotopic (exact) mass is 284 g/mol. The van der Waals surface area contributed by atoms with Crippen molar-refractivity contribution < 1.29 is 4.42 Å². The Morgan fingerprint density at radius 1 is 1.14 bits per heavy atom. The Kier molecular flexibility index (Phi) is 4.01. The van der Waals surface area contributed by atoms with Crippen LogP contribution in [0.1, 0.15) is 31.2 Å². The zero-order chi connectivity index (χ0) is 14.7. The number of hydrogen-bond donors (Lipinski definition) is 1. The molecule has 0 aliphatic carbocycles. The van der Waals surface area contributed by atoms with E-state index >= 15 is 0 Å². The lowest BCUT2D eigenvalue weighted by molar-refractivity contribution is 0.444. The van der Waals surface area contributed by atoms with Gasteiger partial charge in [-0.15, -0.1) is 10.2 Å². The van der Waals surface area contributed by atoms with Gasteiger partial charge in [-0.2, -0.15) is 0 Å². The van der Waals surface area contributed by atoms with E-state index < -0.39 is 0 Å². The minimum absolute atomic E-state index is 0.612. The third-order valence-electron chi connectivity index (χ3n) is 3.53. The third kappa shape index (κ3) is 2.97. The molecule has 21 heavy (non-hydrogen) atoms. The number of rotatable bonds is 6. The molecule has 0 saturated carbocycles. The van der Waals surface area contributed by atoms with Gasteiger partial charge in [0.2, 0.25) is 11.8 Å². The van der Waals surface area contributed by atoms with Gasteiger partial charge in [0.15, 0.2) is 0 Å². The van der Waals surface area contributed by atoms with Crippen LogP contribution in [-0.2, 0) is 19.5 Å². The molecule has 0 spiro atoms. The van der Waals surface area contributed by atoms with Crippen molar-refractivity contribution in [2.45, 2.75) is 33.4 Å². The van der Waals surface area contributed by atoms with Gasteiger partial charge in [0.05, 0.1) is 0 Å². The first-order valence-electron chi connectivity index (χ1n) is 7.40. The summed E-state index contributed by atoms with van der Waals surface area (Å²) >= 11 is 0. The molecule has 2 heterocycles. The molecule has 3 aromatic rings. The predicted octanol–water partition coefficient (Wildman–Crippen LogP) is 2.74. The molecule has 3 rings (SSSR count). The highest BCUT2D eigenvalue weighted by Gasteiger charge is 2.08. The van der Waals surface area contributed by atoms with E-state index in [-0.39, 0.29) is 0 Å². The number of aromatic nitrogens is 3. The van der Waals surface area contributed by atoms with Crippen LogP contribution in [0.5, 0.6) is 0 Å². The smallest absolute Gasteiger partial charge is 0.236 e. The van der Waals surface area contributed by atoms with E-state index in [4.69, 9.17) is 4.42 Å². The predicted molar refractivity (Wildman–Crippen MR) is 82.1 cm³/mol. The van der Waals surface area contributed by atoms with E-state index in [2.05, 4.69) is 57.5 Å². The van der Waals surface area contributed by atoms with E-state index in [0.29, 0.717) is 18.3 Å². The van der Waals surface area contributed by atoms with Gasteiger partial charge in [-0.3, -0.25) is 0 Å². The molecule has 5 heteroatoms. The molecule has 2 aromatic heterocycles. The highest BCUT2D eigenvalue weighted by atomic mass is 16.4.